The maximum atomic E-state index is 11.9. The van der Waals surface area contributed by atoms with E-state index in [9.17, 15) is 9.35 Å². The molecule has 2 rings (SSSR count). The van der Waals surface area contributed by atoms with E-state index >= 15 is 0 Å². The van der Waals surface area contributed by atoms with Gasteiger partial charge in [-0.25, -0.2) is 0 Å². The largest absolute Gasteiger partial charge is 0.612 e. The summed E-state index contributed by atoms with van der Waals surface area (Å²) < 4.78 is 13.9. The lowest BCUT2D eigenvalue weighted by molar-refractivity contribution is -0.112. The van der Waals surface area contributed by atoms with E-state index in [1.54, 1.807) is 17.6 Å². The van der Waals surface area contributed by atoms with Crippen molar-refractivity contribution in [1.82, 2.24) is 0 Å². The average molecular weight is 454 g/mol. The smallest absolute Gasteiger partial charge is 0.205 e. The number of benzene rings is 2. The van der Waals surface area contributed by atoms with Crippen molar-refractivity contribution in [2.24, 2.45) is 0 Å². The highest BCUT2D eigenvalue weighted by Gasteiger charge is 2.07. The fourth-order valence-electron chi connectivity index (χ4n) is 1.73. The molecule has 0 radical (unpaired) electrons. The van der Waals surface area contributed by atoms with Gasteiger partial charge in [0.05, 0.1) is 0 Å². The minimum Gasteiger partial charge on any atom is -0.612 e. The fraction of sp³-hybridized carbons (Fsp3) is 0.0556. The minimum absolute atomic E-state index is 0.0138. The monoisotopic (exact) mass is 452 g/mol. The summed E-state index contributed by atoms with van der Waals surface area (Å²) in [6.45, 7) is 0. The molecule has 2 aromatic carbocycles. The van der Waals surface area contributed by atoms with Gasteiger partial charge in [-0.1, -0.05) is 62.2 Å². The zero-order chi connectivity index (χ0) is 16.7. The molecule has 0 aliphatic rings. The number of allylic oxidation sites excluding steroid dienone is 1. The molecule has 0 N–H and O–H groups in total. The Labute approximate surface area is 155 Å². The SMILES string of the molecule is O=C(/C=C/c1ccc(Br)cc1)C[S+]([O-])/C=C/c1ccc(Br)cc1. The molecule has 2 aromatic rings. The molecule has 0 aliphatic carbocycles. The summed E-state index contributed by atoms with van der Waals surface area (Å²) in [6, 6.07) is 15.3. The van der Waals surface area contributed by atoms with Crippen LogP contribution in [-0.4, -0.2) is 16.1 Å². The molecule has 2 nitrogen and oxygen atoms in total. The molecule has 0 bridgehead atoms. The predicted molar refractivity (Wildman–Crippen MR) is 104 cm³/mol. The zero-order valence-electron chi connectivity index (χ0n) is 12.1. The number of halogens is 2. The lowest BCUT2D eigenvalue weighted by Gasteiger charge is -2.02. The molecule has 5 heteroatoms. The van der Waals surface area contributed by atoms with Gasteiger partial charge >= 0.3 is 0 Å². The topological polar surface area (TPSA) is 40.1 Å². The van der Waals surface area contributed by atoms with Gasteiger partial charge < -0.3 is 4.55 Å². The van der Waals surface area contributed by atoms with E-state index in [-0.39, 0.29) is 11.5 Å². The molecule has 0 heterocycles. The Bertz CT molecular complexity index is 707. The first-order chi connectivity index (χ1) is 11.0. The summed E-state index contributed by atoms with van der Waals surface area (Å²) >= 11 is 5.40. The first-order valence-corrected chi connectivity index (χ1v) is 9.77. The van der Waals surface area contributed by atoms with Crippen molar-refractivity contribution in [3.8, 4) is 0 Å². The Kier molecular flexibility index (Phi) is 7.30. The van der Waals surface area contributed by atoms with Crippen LogP contribution in [0.1, 0.15) is 11.1 Å². The fourth-order valence-corrected chi connectivity index (χ4v) is 3.04. The molecule has 0 aromatic heterocycles. The van der Waals surface area contributed by atoms with Gasteiger partial charge in [-0.05, 0) is 58.7 Å². The van der Waals surface area contributed by atoms with E-state index in [4.69, 9.17) is 0 Å². The van der Waals surface area contributed by atoms with Crippen LogP contribution in [0.4, 0.5) is 0 Å². The van der Waals surface area contributed by atoms with Crippen LogP contribution in [0.3, 0.4) is 0 Å². The molecule has 0 aliphatic heterocycles. The van der Waals surface area contributed by atoms with Crippen molar-refractivity contribution in [2.45, 2.75) is 0 Å². The van der Waals surface area contributed by atoms with Gasteiger partial charge in [-0.15, -0.1) is 0 Å². The van der Waals surface area contributed by atoms with E-state index in [0.29, 0.717) is 0 Å². The van der Waals surface area contributed by atoms with E-state index in [1.807, 2.05) is 48.5 Å². The van der Waals surface area contributed by atoms with Crippen LogP contribution in [0.5, 0.6) is 0 Å². The van der Waals surface area contributed by atoms with Crippen LogP contribution in [-0.2, 0) is 16.0 Å². The van der Waals surface area contributed by atoms with Crippen molar-refractivity contribution >= 4 is 61.0 Å². The van der Waals surface area contributed by atoms with Crippen molar-refractivity contribution in [2.75, 3.05) is 5.75 Å². The Morgan fingerprint density at radius 3 is 1.91 bits per heavy atom. The molecule has 1 atom stereocenters. The molecule has 0 saturated heterocycles. The Hall–Kier alpha value is -1.14. The normalized spacial score (nSPS) is 12.8. The van der Waals surface area contributed by atoms with Gasteiger partial charge in [0.1, 0.15) is 5.41 Å². The molecule has 0 fully saturated rings. The first-order valence-electron chi connectivity index (χ1n) is 6.80. The molecule has 118 valence electrons. The second-order valence-electron chi connectivity index (χ2n) is 4.73. The van der Waals surface area contributed by atoms with Gasteiger partial charge in [0.2, 0.25) is 5.78 Å². The summed E-state index contributed by atoms with van der Waals surface area (Å²) in [5.74, 6) is -0.174. The van der Waals surface area contributed by atoms with Gasteiger partial charge in [-0.2, -0.15) is 0 Å². The Balaban J connectivity index is 1.86. The third-order valence-corrected chi connectivity index (χ3v) is 4.96. The molecular formula is C18H14Br2O2S. The highest BCUT2D eigenvalue weighted by atomic mass is 79.9. The van der Waals surface area contributed by atoms with Gasteiger partial charge in [0.25, 0.3) is 0 Å². The lowest BCUT2D eigenvalue weighted by Crippen LogP contribution is -2.11. The van der Waals surface area contributed by atoms with E-state index in [0.717, 1.165) is 20.1 Å². The summed E-state index contributed by atoms with van der Waals surface area (Å²) in [5, 5.41) is 1.55. The molecule has 1 unspecified atom stereocenters. The van der Waals surface area contributed by atoms with Crippen LogP contribution < -0.4 is 0 Å². The number of ketones is 1. The molecule has 0 saturated carbocycles. The van der Waals surface area contributed by atoms with Crippen LogP contribution in [0.2, 0.25) is 0 Å². The standard InChI is InChI=1S/C18H14Br2O2S/c19-16-6-1-14(2-7-16)5-10-18(21)13-23(22)12-11-15-3-8-17(20)9-4-15/h1-12H,13H2/b10-5+,12-11+. The van der Waals surface area contributed by atoms with E-state index < -0.39 is 11.2 Å². The molecule has 0 amide bonds. The number of hydrogen-bond acceptors (Lipinski definition) is 2. The summed E-state index contributed by atoms with van der Waals surface area (Å²) in [6.07, 6.45) is 4.95. The summed E-state index contributed by atoms with van der Waals surface area (Å²) in [7, 11) is 0. The van der Waals surface area contributed by atoms with Gasteiger partial charge in [-0.3, -0.25) is 4.79 Å². The average Bonchev–Trinajstić information content (AvgIpc) is 2.54. The van der Waals surface area contributed by atoms with Gasteiger partial charge in [0.15, 0.2) is 5.75 Å². The maximum absolute atomic E-state index is 11.9. The lowest BCUT2D eigenvalue weighted by atomic mass is 10.2. The van der Waals surface area contributed by atoms with Crippen LogP contribution >= 0.6 is 31.9 Å². The predicted octanol–water partition coefficient (Wildman–Crippen LogP) is 5.21. The number of rotatable bonds is 6. The van der Waals surface area contributed by atoms with Crippen LogP contribution in [0.25, 0.3) is 12.2 Å². The molecule has 0 spiro atoms. The highest BCUT2D eigenvalue weighted by molar-refractivity contribution is 9.10. The summed E-state index contributed by atoms with van der Waals surface area (Å²) in [5.41, 5.74) is 1.87. The van der Waals surface area contributed by atoms with E-state index in [1.165, 1.54) is 6.08 Å². The Morgan fingerprint density at radius 2 is 1.39 bits per heavy atom. The highest BCUT2D eigenvalue weighted by Crippen LogP contribution is 2.13. The number of hydrogen-bond donors (Lipinski definition) is 0. The zero-order valence-corrected chi connectivity index (χ0v) is 16.1. The number of carbonyl (C=O) groups excluding carboxylic acids is 1. The summed E-state index contributed by atoms with van der Waals surface area (Å²) in [4.78, 5) is 11.8. The van der Waals surface area contributed by atoms with Gasteiger partial charge in [0, 0.05) is 8.95 Å². The second-order valence-corrected chi connectivity index (χ2v) is 7.88. The van der Waals surface area contributed by atoms with Crippen molar-refractivity contribution in [1.29, 1.82) is 0 Å². The third-order valence-electron chi connectivity index (χ3n) is 2.90. The quantitative estimate of drug-likeness (QED) is 0.444. The van der Waals surface area contributed by atoms with Crippen LogP contribution in [0, 0.1) is 0 Å². The van der Waals surface area contributed by atoms with E-state index in [2.05, 4.69) is 31.9 Å². The second kappa shape index (κ2) is 9.23. The Morgan fingerprint density at radius 1 is 0.913 bits per heavy atom. The first kappa shape index (κ1) is 18.2. The molecule has 23 heavy (non-hydrogen) atoms. The molecular weight excluding hydrogens is 440 g/mol. The van der Waals surface area contributed by atoms with Crippen molar-refractivity contribution in [3.05, 3.63) is 80.1 Å². The van der Waals surface area contributed by atoms with Crippen molar-refractivity contribution in [3.63, 3.8) is 0 Å². The maximum Gasteiger partial charge on any atom is 0.205 e. The van der Waals surface area contributed by atoms with Crippen molar-refractivity contribution < 1.29 is 9.35 Å². The minimum atomic E-state index is -1.32. The third kappa shape index (κ3) is 6.87. The number of carbonyl (C=O) groups is 1. The van der Waals surface area contributed by atoms with Crippen LogP contribution in [0.15, 0.2) is 69.0 Å².